The van der Waals surface area contributed by atoms with Gasteiger partial charge in [-0.25, -0.2) is 50.3 Å². The van der Waals surface area contributed by atoms with Crippen molar-refractivity contribution in [1.29, 1.82) is 0 Å². The molecule has 6 heterocycles. The third kappa shape index (κ3) is 20.2. The average Bonchev–Trinajstić information content (AvgIpc) is 1.58. The molecule has 0 radical (unpaired) electrons. The summed E-state index contributed by atoms with van der Waals surface area (Å²) in [5, 5.41) is 15.1. The number of halogens is 5. The largest absolute Gasteiger partial charge is 0.467 e. The van der Waals surface area contributed by atoms with E-state index in [9.17, 15) is 63.6 Å². The molecule has 0 saturated carbocycles. The summed E-state index contributed by atoms with van der Waals surface area (Å²) in [6, 6.07) is 15.7. The first kappa shape index (κ1) is 83.5. The molecule has 2 amide bonds. The van der Waals surface area contributed by atoms with Gasteiger partial charge in [0.2, 0.25) is 11.8 Å². The Hall–Kier alpha value is -9.77. The molecule has 0 spiro atoms. The number of aromatic amines is 1. The highest BCUT2D eigenvalue weighted by atomic mass is 35.5. The number of hydrazone groups is 1. The van der Waals surface area contributed by atoms with E-state index in [1.807, 2.05) is 20.8 Å². The quantitative estimate of drug-likeness (QED) is 0.0500. The van der Waals surface area contributed by atoms with Crippen LogP contribution in [-0.2, 0) is 92.7 Å². The number of fused-ring (bicyclic) bond motifs is 1. The standard InChI is InChI=1S/C23H32N2O4.C16H18Cl2N2O4.C16H17N3O5S.C15H16F3N5O4S/c1-7-16-13-15(3)14-17(8-2)18(16)19-20(26)24-9-11-28-12-10-25(24)21(19)29-22(27)23(4,5)6;1-4-23-14(21)12-9-16(3,15(22)24-5-2)20(19-12)13-7-6-10(17)8-11(13)18;1-9-10(15(20)11-8-17-19(2)16(11)21)4-5-13(25(3,22)23)14(9)12-6-7-24-18-12;1-9-19-12(22-14(20-9)27-2)21-13(24)23-28(25,26)11-6-4-3-5-10(11)7-8-15(16,17)18/h13-14H,7-12H2,1-6H3;6-8H,4-5,9H2,1-3H3;4-5,8,17H,6-7H2,1-3H3;3-6H,7-8H2,1-2H3,(H2,19,20,21,22,23,24). The van der Waals surface area contributed by atoms with Crippen LogP contribution in [0, 0.1) is 26.2 Å². The van der Waals surface area contributed by atoms with E-state index in [-0.39, 0.29) is 76.2 Å². The predicted octanol–water partition coefficient (Wildman–Crippen LogP) is 10.2. The molecule has 3 aliphatic heterocycles. The molecular formula is C70H83Cl2F3N12O17S2. The number of hydrogen-bond donors (Lipinski definition) is 3. The normalized spacial score (nSPS) is 14.9. The van der Waals surface area contributed by atoms with Gasteiger partial charge in [-0.15, -0.1) is 0 Å². The van der Waals surface area contributed by atoms with Crippen LogP contribution in [-0.4, -0.2) is 150 Å². The van der Waals surface area contributed by atoms with Gasteiger partial charge in [-0.2, -0.15) is 33.2 Å². The van der Waals surface area contributed by atoms with Gasteiger partial charge < -0.3 is 33.6 Å². The summed E-state index contributed by atoms with van der Waals surface area (Å²) in [6.07, 6.45) is -1.65. The fourth-order valence-corrected chi connectivity index (χ4v) is 13.8. The van der Waals surface area contributed by atoms with Gasteiger partial charge in [0.15, 0.2) is 21.2 Å². The Kier molecular flexibility index (Phi) is 27.6. The molecule has 572 valence electrons. The number of ketones is 1. The minimum atomic E-state index is -4.45. The molecule has 3 N–H and O–H groups in total. The van der Waals surface area contributed by atoms with Gasteiger partial charge >= 0.3 is 36.1 Å². The molecule has 0 bridgehead atoms. The van der Waals surface area contributed by atoms with Gasteiger partial charge in [-0.1, -0.05) is 78.1 Å². The number of esters is 3. The Bertz CT molecular complexity index is 4890. The second kappa shape index (κ2) is 35.1. The molecule has 3 aliphatic rings. The average molecular weight is 1560 g/mol. The van der Waals surface area contributed by atoms with Crippen LogP contribution >= 0.6 is 23.2 Å². The minimum Gasteiger partial charge on any atom is -0.467 e. The molecule has 3 aromatic heterocycles. The highest BCUT2D eigenvalue weighted by Crippen LogP contribution is 2.41. The van der Waals surface area contributed by atoms with Gasteiger partial charge in [0, 0.05) is 54.9 Å². The van der Waals surface area contributed by atoms with Gasteiger partial charge in [0.25, 0.3) is 21.1 Å². The molecule has 0 saturated heterocycles. The number of nitrogens with zero attached hydrogens (tertiary/aromatic N) is 9. The van der Waals surface area contributed by atoms with Crippen LogP contribution in [0.3, 0.4) is 0 Å². The van der Waals surface area contributed by atoms with Crippen LogP contribution in [0.2, 0.25) is 10.0 Å². The molecule has 4 aromatic carbocycles. The second-order valence-corrected chi connectivity index (χ2v) is 29.8. The van der Waals surface area contributed by atoms with Crippen LogP contribution < -0.4 is 35.6 Å². The highest BCUT2D eigenvalue weighted by Gasteiger charge is 2.50. The number of sulfonamides is 1. The van der Waals surface area contributed by atoms with Crippen LogP contribution in [0.1, 0.15) is 130 Å². The molecule has 29 nitrogen and oxygen atoms in total. The van der Waals surface area contributed by atoms with Crippen molar-refractivity contribution >= 4 is 95.8 Å². The molecule has 106 heavy (non-hydrogen) atoms. The van der Waals surface area contributed by atoms with Crippen LogP contribution in [0.15, 0.2) is 103 Å². The van der Waals surface area contributed by atoms with Crippen molar-refractivity contribution in [3.05, 3.63) is 154 Å². The Morgan fingerprint density at radius 3 is 1.99 bits per heavy atom. The lowest BCUT2D eigenvalue weighted by Gasteiger charge is -2.32. The smallest absolute Gasteiger partial charge is 0.389 e. The van der Waals surface area contributed by atoms with Gasteiger partial charge in [0.1, 0.15) is 29.3 Å². The summed E-state index contributed by atoms with van der Waals surface area (Å²) in [5.41, 5.74) is 4.43. The number of sulfone groups is 1. The minimum absolute atomic E-state index is 0.00623. The Labute approximate surface area is 619 Å². The summed E-state index contributed by atoms with van der Waals surface area (Å²) >= 11 is 12.2. The number of nitrogens with one attached hydrogen (secondary N) is 3. The van der Waals surface area contributed by atoms with Crippen molar-refractivity contribution < 1.29 is 82.5 Å². The lowest BCUT2D eigenvalue weighted by molar-refractivity contribution is -0.148. The highest BCUT2D eigenvalue weighted by molar-refractivity contribution is 7.91. The number of alkyl halides is 3. The fraction of sp³-hybridized carbons (Fsp3) is 0.429. The van der Waals surface area contributed by atoms with Crippen molar-refractivity contribution in [2.24, 2.45) is 22.7 Å². The molecule has 7 aromatic rings. The van der Waals surface area contributed by atoms with Gasteiger partial charge in [-0.05, 0) is 146 Å². The first-order chi connectivity index (χ1) is 49.7. The number of methoxy groups -OCH3 is 1. The zero-order chi connectivity index (χ0) is 78.6. The van der Waals surface area contributed by atoms with E-state index < -0.39 is 84.0 Å². The van der Waals surface area contributed by atoms with Gasteiger partial charge in [-0.3, -0.25) is 29.2 Å². The third-order valence-electron chi connectivity index (χ3n) is 16.4. The molecule has 1 unspecified atom stereocenters. The lowest BCUT2D eigenvalue weighted by atomic mass is 9.91. The van der Waals surface area contributed by atoms with Crippen molar-refractivity contribution in [3.63, 3.8) is 0 Å². The molecule has 1 atom stereocenters. The molecule has 0 fully saturated rings. The van der Waals surface area contributed by atoms with Crippen molar-refractivity contribution in [3.8, 4) is 23.0 Å². The zero-order valence-corrected chi connectivity index (χ0v) is 63.9. The number of urea groups is 1. The molecule has 0 aliphatic carbocycles. The first-order valence-corrected chi connectivity index (χ1v) is 37.4. The van der Waals surface area contributed by atoms with Crippen LogP contribution in [0.25, 0.3) is 11.1 Å². The predicted molar refractivity (Wildman–Crippen MR) is 388 cm³/mol. The molecular weight excluding hydrogens is 1470 g/mol. The van der Waals surface area contributed by atoms with E-state index in [1.54, 1.807) is 60.0 Å². The maximum Gasteiger partial charge on any atom is 0.389 e. The number of aromatic nitrogens is 7. The maximum absolute atomic E-state index is 13.5. The van der Waals surface area contributed by atoms with E-state index in [4.69, 9.17) is 51.7 Å². The van der Waals surface area contributed by atoms with Crippen LogP contribution in [0.4, 0.5) is 29.6 Å². The Morgan fingerprint density at radius 1 is 0.774 bits per heavy atom. The summed E-state index contributed by atoms with van der Waals surface area (Å²) in [4.78, 5) is 104. The van der Waals surface area contributed by atoms with E-state index in [2.05, 4.69) is 68.5 Å². The molecule has 10 rings (SSSR count). The third-order valence-corrected chi connectivity index (χ3v) is 19.5. The number of ether oxygens (including phenoxy) is 5. The van der Waals surface area contributed by atoms with Crippen molar-refractivity contribution in [2.45, 2.75) is 149 Å². The number of aryl methyl sites for hydroxylation is 6. The van der Waals surface area contributed by atoms with E-state index in [0.29, 0.717) is 83.3 Å². The van der Waals surface area contributed by atoms with E-state index in [1.165, 1.54) is 72.9 Å². The summed E-state index contributed by atoms with van der Waals surface area (Å²) in [5.74, 6) is -1.61. The van der Waals surface area contributed by atoms with Crippen LogP contribution in [0.5, 0.6) is 11.9 Å². The number of amides is 2. The maximum atomic E-state index is 13.5. The Balaban J connectivity index is 0.000000198. The number of hydrogen-bond acceptors (Lipinski definition) is 23. The number of carbonyl (C=O) groups excluding carboxylic acids is 5. The topological polar surface area (TPSA) is 364 Å². The van der Waals surface area contributed by atoms with Crippen molar-refractivity contribution in [1.82, 2.24) is 38.8 Å². The zero-order valence-electron chi connectivity index (χ0n) is 60.8. The van der Waals surface area contributed by atoms with E-state index in [0.717, 1.165) is 41.9 Å². The number of H-pyrrole nitrogens is 1. The van der Waals surface area contributed by atoms with Gasteiger partial charge in [0.05, 0.1) is 78.3 Å². The summed E-state index contributed by atoms with van der Waals surface area (Å²) < 4.78 is 119. The number of oxime groups is 1. The van der Waals surface area contributed by atoms with E-state index >= 15 is 0 Å². The summed E-state index contributed by atoms with van der Waals surface area (Å²) in [6.45, 7) is 22.5. The number of carbonyl (C=O) groups is 5. The molecule has 36 heteroatoms. The fourth-order valence-electron chi connectivity index (χ4n) is 11.2. The van der Waals surface area contributed by atoms with Crippen molar-refractivity contribution in [2.75, 3.05) is 56.7 Å². The number of benzene rings is 4. The number of anilines is 2. The Morgan fingerprint density at radius 2 is 1.42 bits per heavy atom. The second-order valence-electron chi connectivity index (χ2n) is 25.4. The lowest BCUT2D eigenvalue weighted by Crippen LogP contribution is -2.48. The first-order valence-electron chi connectivity index (χ1n) is 33.2. The summed E-state index contributed by atoms with van der Waals surface area (Å²) in [7, 11) is -5.16. The number of rotatable bonds is 19. The SMILES string of the molecule is CCOC(=O)C1=NN(c2ccc(Cl)cc2Cl)C(C)(C(=O)OCC)C1.CCc1cc(C)cc(CC)c1-c1c(OC(=O)C(C)(C)C)n2n(c1=O)CCOCC2.COc1nc(C)nc(NC(=O)NS(=O)(=O)c2ccccc2CCC(F)(F)F)n1.Cc1c(C(=O)c2c[nH]n(C)c2=O)ccc(S(C)(=O)=O)c1C1=NOCC1. The monoisotopic (exact) mass is 1550 g/mol.